The molecule has 1 atom stereocenters. The van der Waals surface area contributed by atoms with E-state index in [1.54, 1.807) is 12.1 Å². The minimum absolute atomic E-state index is 0.0421. The van der Waals surface area contributed by atoms with Crippen molar-refractivity contribution in [2.75, 3.05) is 13.6 Å². The molecule has 0 fully saturated rings. The number of sulfonamides is 1. The summed E-state index contributed by atoms with van der Waals surface area (Å²) < 4.78 is 26.6. The van der Waals surface area contributed by atoms with Gasteiger partial charge in [0.15, 0.2) is 0 Å². The van der Waals surface area contributed by atoms with Crippen molar-refractivity contribution in [1.29, 1.82) is 5.26 Å². The highest BCUT2D eigenvalue weighted by Gasteiger charge is 2.27. The van der Waals surface area contributed by atoms with Crippen LogP contribution in [0.15, 0.2) is 77.0 Å². The van der Waals surface area contributed by atoms with Gasteiger partial charge in [-0.25, -0.2) is 8.42 Å². The lowest BCUT2D eigenvalue weighted by Gasteiger charge is -2.21. The first kappa shape index (κ1) is 20.7. The summed E-state index contributed by atoms with van der Waals surface area (Å²) in [5.41, 5.74) is 0.948. The summed E-state index contributed by atoms with van der Waals surface area (Å²) >= 11 is 1.51. The molecule has 0 radical (unpaired) electrons. The van der Waals surface area contributed by atoms with Gasteiger partial charge in [-0.05, 0) is 29.1 Å². The van der Waals surface area contributed by atoms with Gasteiger partial charge in [-0.15, -0.1) is 11.3 Å². The van der Waals surface area contributed by atoms with Crippen LogP contribution in [0.4, 0.5) is 0 Å². The molecule has 3 rings (SSSR count). The lowest BCUT2D eigenvalue weighted by molar-refractivity contribution is -0.121. The molecule has 0 saturated heterocycles. The first-order chi connectivity index (χ1) is 13.9. The van der Waals surface area contributed by atoms with Crippen molar-refractivity contribution in [3.05, 3.63) is 88.1 Å². The first-order valence-corrected chi connectivity index (χ1v) is 11.1. The Bertz CT molecular complexity index is 1120. The second-order valence-electron chi connectivity index (χ2n) is 6.30. The lowest BCUT2D eigenvalue weighted by Crippen LogP contribution is -2.40. The predicted octanol–water partition coefficient (Wildman–Crippen LogP) is 3.15. The molecule has 3 aromatic rings. The fraction of sp³-hybridized carbons (Fsp3) is 0.143. The fourth-order valence-electron chi connectivity index (χ4n) is 2.87. The maximum Gasteiger partial charge on any atom is 0.244 e. The van der Waals surface area contributed by atoms with Gasteiger partial charge >= 0.3 is 0 Å². The van der Waals surface area contributed by atoms with Gasteiger partial charge < -0.3 is 5.32 Å². The van der Waals surface area contributed by atoms with Crippen LogP contribution in [-0.4, -0.2) is 32.2 Å². The second kappa shape index (κ2) is 9.01. The molecule has 148 valence electrons. The van der Waals surface area contributed by atoms with Crippen LogP contribution >= 0.6 is 11.3 Å². The van der Waals surface area contributed by atoms with Crippen LogP contribution in [0, 0.1) is 11.3 Å². The Labute approximate surface area is 174 Å². The van der Waals surface area contributed by atoms with E-state index in [4.69, 9.17) is 0 Å². The van der Waals surface area contributed by atoms with E-state index in [2.05, 4.69) is 5.32 Å². The number of hydrogen-bond donors (Lipinski definition) is 1. The molecule has 1 amide bonds. The van der Waals surface area contributed by atoms with Gasteiger partial charge in [-0.2, -0.15) is 9.57 Å². The van der Waals surface area contributed by atoms with Crippen molar-refractivity contribution in [2.45, 2.75) is 10.9 Å². The van der Waals surface area contributed by atoms with Crippen LogP contribution in [0.2, 0.25) is 0 Å². The summed E-state index contributed by atoms with van der Waals surface area (Å²) in [6.45, 7) is -0.364. The van der Waals surface area contributed by atoms with Gasteiger partial charge in [0, 0.05) is 11.9 Å². The van der Waals surface area contributed by atoms with Crippen LogP contribution in [0.25, 0.3) is 0 Å². The van der Waals surface area contributed by atoms with Crippen LogP contribution in [-0.2, 0) is 14.8 Å². The zero-order valence-electron chi connectivity index (χ0n) is 15.6. The van der Waals surface area contributed by atoms with Crippen LogP contribution in [0.1, 0.15) is 22.0 Å². The number of likely N-dealkylation sites (N-methyl/N-ethyl adjacent to an activating group) is 1. The number of nitrogens with one attached hydrogen (secondary N) is 1. The van der Waals surface area contributed by atoms with E-state index in [1.807, 2.05) is 53.9 Å². The summed E-state index contributed by atoms with van der Waals surface area (Å²) in [6.07, 6.45) is 0. The number of carbonyl (C=O) groups is 1. The zero-order valence-corrected chi connectivity index (χ0v) is 17.3. The molecule has 0 saturated carbocycles. The average Bonchev–Trinajstić information content (AvgIpc) is 3.27. The quantitative estimate of drug-likeness (QED) is 0.630. The summed E-state index contributed by atoms with van der Waals surface area (Å²) in [4.78, 5) is 13.5. The molecule has 0 bridgehead atoms. The van der Waals surface area contributed by atoms with Gasteiger partial charge in [0.25, 0.3) is 0 Å². The SMILES string of the molecule is CN(CC(=O)NC(c1ccccc1)c1cccs1)S(=O)(=O)c1ccccc1C#N. The zero-order chi connectivity index (χ0) is 20.9. The van der Waals surface area contributed by atoms with E-state index >= 15 is 0 Å². The Morgan fingerprint density at radius 1 is 1.10 bits per heavy atom. The van der Waals surface area contributed by atoms with Gasteiger partial charge in [-0.1, -0.05) is 48.5 Å². The molecule has 1 heterocycles. The summed E-state index contributed by atoms with van der Waals surface area (Å²) in [6, 6.07) is 20.8. The Kier molecular flexibility index (Phi) is 6.44. The highest BCUT2D eigenvalue weighted by molar-refractivity contribution is 7.89. The van der Waals surface area contributed by atoms with E-state index in [0.29, 0.717) is 0 Å². The topological polar surface area (TPSA) is 90.3 Å². The molecular formula is C21H19N3O3S2. The maximum atomic E-state index is 12.8. The van der Waals surface area contributed by atoms with Crippen molar-refractivity contribution < 1.29 is 13.2 Å². The molecule has 29 heavy (non-hydrogen) atoms. The Morgan fingerprint density at radius 3 is 2.45 bits per heavy atom. The molecule has 0 aliphatic heterocycles. The third-order valence-corrected chi connectivity index (χ3v) is 7.13. The molecular weight excluding hydrogens is 406 g/mol. The van der Waals surface area contributed by atoms with E-state index in [1.165, 1.54) is 30.5 Å². The minimum Gasteiger partial charge on any atom is -0.343 e. The smallest absolute Gasteiger partial charge is 0.244 e. The first-order valence-electron chi connectivity index (χ1n) is 8.76. The highest BCUT2D eigenvalue weighted by atomic mass is 32.2. The maximum absolute atomic E-state index is 12.8. The van der Waals surface area contributed by atoms with E-state index in [0.717, 1.165) is 14.7 Å². The Hall–Kier alpha value is -2.99. The Balaban J connectivity index is 1.79. The molecule has 1 aromatic heterocycles. The number of hydrogen-bond acceptors (Lipinski definition) is 5. The third-order valence-electron chi connectivity index (χ3n) is 4.33. The number of carbonyl (C=O) groups excluding carboxylic acids is 1. The number of benzene rings is 2. The highest BCUT2D eigenvalue weighted by Crippen LogP contribution is 2.26. The standard InChI is InChI=1S/C21H19N3O3S2/c1-24(29(26,27)19-12-6-5-10-17(19)14-22)15-20(25)23-21(18-11-7-13-28-18)16-8-3-2-4-9-16/h2-13,21H,15H2,1H3,(H,23,25). The van der Waals surface area contributed by atoms with Gasteiger partial charge in [-0.3, -0.25) is 4.79 Å². The summed E-state index contributed by atoms with van der Waals surface area (Å²) in [7, 11) is -2.65. The monoisotopic (exact) mass is 425 g/mol. The van der Waals surface area contributed by atoms with E-state index in [-0.39, 0.29) is 23.0 Å². The number of rotatable bonds is 7. The molecule has 6 nitrogen and oxygen atoms in total. The van der Waals surface area contributed by atoms with Crippen molar-refractivity contribution in [3.8, 4) is 6.07 Å². The number of amides is 1. The normalized spacial score (nSPS) is 12.3. The molecule has 0 aliphatic rings. The van der Waals surface area contributed by atoms with E-state index in [9.17, 15) is 18.5 Å². The molecule has 8 heteroatoms. The third kappa shape index (κ3) is 4.71. The fourth-order valence-corrected chi connectivity index (χ4v) is 4.93. The summed E-state index contributed by atoms with van der Waals surface area (Å²) in [5, 5.41) is 14.0. The predicted molar refractivity (Wildman–Crippen MR) is 112 cm³/mol. The number of nitriles is 1. The van der Waals surface area contributed by atoms with Gasteiger partial charge in [0.05, 0.1) is 23.0 Å². The Morgan fingerprint density at radius 2 is 1.79 bits per heavy atom. The molecule has 0 spiro atoms. The van der Waals surface area contributed by atoms with Crippen LogP contribution in [0.5, 0.6) is 0 Å². The van der Waals surface area contributed by atoms with Crippen molar-refractivity contribution in [2.24, 2.45) is 0 Å². The molecule has 1 unspecified atom stereocenters. The molecule has 1 N–H and O–H groups in total. The molecule has 0 aliphatic carbocycles. The lowest BCUT2D eigenvalue weighted by atomic mass is 10.1. The number of thiophene rings is 1. The van der Waals surface area contributed by atoms with Crippen LogP contribution < -0.4 is 5.32 Å². The van der Waals surface area contributed by atoms with Crippen LogP contribution in [0.3, 0.4) is 0 Å². The van der Waals surface area contributed by atoms with Crippen molar-refractivity contribution in [1.82, 2.24) is 9.62 Å². The molecule has 2 aromatic carbocycles. The average molecular weight is 426 g/mol. The largest absolute Gasteiger partial charge is 0.343 e. The minimum atomic E-state index is -3.98. The second-order valence-corrected chi connectivity index (χ2v) is 9.29. The van der Waals surface area contributed by atoms with Crippen molar-refractivity contribution >= 4 is 27.3 Å². The van der Waals surface area contributed by atoms with E-state index < -0.39 is 15.9 Å². The van der Waals surface area contributed by atoms with Gasteiger partial charge in [0.2, 0.25) is 15.9 Å². The van der Waals surface area contributed by atoms with Crippen molar-refractivity contribution in [3.63, 3.8) is 0 Å². The summed E-state index contributed by atoms with van der Waals surface area (Å²) in [5.74, 6) is -0.437. The number of nitrogens with zero attached hydrogens (tertiary/aromatic N) is 2. The van der Waals surface area contributed by atoms with Gasteiger partial charge in [0.1, 0.15) is 6.07 Å².